The number of carbonyl (C=O) groups excluding carboxylic acids is 1. The second-order valence-corrected chi connectivity index (χ2v) is 4.79. The number of nitrogens with zero attached hydrogens (tertiary/aromatic N) is 1. The van der Waals surface area contributed by atoms with Gasteiger partial charge >= 0.3 is 18.2 Å². The molecule has 7 nitrogen and oxygen atoms in total. The Labute approximate surface area is 147 Å². The molecule has 0 aromatic heterocycles. The molecular weight excluding hydrogens is 385 g/mol. The number of benzene rings is 2. The van der Waals surface area contributed by atoms with E-state index in [0.717, 1.165) is 12.1 Å². The summed E-state index contributed by atoms with van der Waals surface area (Å²) in [6.07, 6.45) is -9.40. The first-order valence-corrected chi connectivity index (χ1v) is 6.84. The van der Waals surface area contributed by atoms with Gasteiger partial charge in [0.2, 0.25) is 5.75 Å². The van der Waals surface area contributed by atoms with Crippen LogP contribution in [0.4, 0.5) is 27.6 Å². The summed E-state index contributed by atoms with van der Waals surface area (Å²) >= 11 is 0. The zero-order valence-corrected chi connectivity index (χ0v) is 12.9. The van der Waals surface area contributed by atoms with Gasteiger partial charge in [0.1, 0.15) is 11.5 Å². The SMILES string of the molecule is O=COc1cccc(OC(F)(F)Oc2ccc(C(F)(F)F)cc2[N+](=O)[O-])c1. The van der Waals surface area contributed by atoms with Crippen molar-refractivity contribution in [2.24, 2.45) is 0 Å². The fourth-order valence-corrected chi connectivity index (χ4v) is 1.88. The topological polar surface area (TPSA) is 87.9 Å². The lowest BCUT2D eigenvalue weighted by Crippen LogP contribution is -2.32. The molecule has 0 aliphatic carbocycles. The number of hydrogen-bond acceptors (Lipinski definition) is 6. The first kappa shape index (κ1) is 19.9. The molecule has 0 N–H and O–H groups in total. The predicted molar refractivity (Wildman–Crippen MR) is 77.4 cm³/mol. The van der Waals surface area contributed by atoms with Gasteiger partial charge in [-0.05, 0) is 24.3 Å². The first-order chi connectivity index (χ1) is 12.5. The van der Waals surface area contributed by atoms with Crippen molar-refractivity contribution in [2.75, 3.05) is 0 Å². The molecule has 0 atom stereocenters. The zero-order chi connectivity index (χ0) is 20.2. The average molecular weight is 393 g/mol. The summed E-state index contributed by atoms with van der Waals surface area (Å²) in [4.78, 5) is 19.8. The summed E-state index contributed by atoms with van der Waals surface area (Å²) in [5.41, 5.74) is -2.74. The van der Waals surface area contributed by atoms with E-state index < -0.39 is 40.1 Å². The molecule has 0 spiro atoms. The van der Waals surface area contributed by atoms with Crippen LogP contribution in [0.5, 0.6) is 17.2 Å². The molecule has 0 saturated carbocycles. The van der Waals surface area contributed by atoms with Gasteiger partial charge in [-0.1, -0.05) is 6.07 Å². The van der Waals surface area contributed by atoms with E-state index in [1.54, 1.807) is 0 Å². The molecule has 12 heteroatoms. The van der Waals surface area contributed by atoms with Crippen molar-refractivity contribution in [3.8, 4) is 17.2 Å². The van der Waals surface area contributed by atoms with Gasteiger partial charge in [-0.25, -0.2) is 0 Å². The van der Waals surface area contributed by atoms with E-state index in [1.807, 2.05) is 0 Å². The van der Waals surface area contributed by atoms with Gasteiger partial charge in [-0.15, -0.1) is 8.78 Å². The van der Waals surface area contributed by atoms with Crippen molar-refractivity contribution in [3.63, 3.8) is 0 Å². The molecular formula is C15H8F5NO6. The molecule has 144 valence electrons. The third-order valence-electron chi connectivity index (χ3n) is 2.94. The fourth-order valence-electron chi connectivity index (χ4n) is 1.88. The van der Waals surface area contributed by atoms with Crippen LogP contribution >= 0.6 is 0 Å². The average Bonchev–Trinajstić information content (AvgIpc) is 2.53. The lowest BCUT2D eigenvalue weighted by molar-refractivity contribution is -0.390. The van der Waals surface area contributed by atoms with Gasteiger partial charge in [0, 0.05) is 12.1 Å². The molecule has 0 unspecified atom stereocenters. The number of carbonyl (C=O) groups is 1. The molecule has 0 aliphatic heterocycles. The van der Waals surface area contributed by atoms with Crippen LogP contribution in [-0.4, -0.2) is 17.7 Å². The highest BCUT2D eigenvalue weighted by Crippen LogP contribution is 2.38. The van der Waals surface area contributed by atoms with Crippen molar-refractivity contribution in [1.82, 2.24) is 0 Å². The predicted octanol–water partition coefficient (Wildman–Crippen LogP) is 4.16. The Bertz CT molecular complexity index is 855. The summed E-state index contributed by atoms with van der Waals surface area (Å²) < 4.78 is 78.4. The van der Waals surface area contributed by atoms with Crippen LogP contribution in [0.1, 0.15) is 5.56 Å². The maximum absolute atomic E-state index is 13.9. The zero-order valence-electron chi connectivity index (χ0n) is 12.9. The van der Waals surface area contributed by atoms with Gasteiger partial charge in [0.15, 0.2) is 0 Å². The van der Waals surface area contributed by atoms with Crippen LogP contribution in [-0.2, 0) is 11.0 Å². The minimum absolute atomic E-state index is 0.0410. The molecule has 27 heavy (non-hydrogen) atoms. The number of rotatable bonds is 7. The van der Waals surface area contributed by atoms with Gasteiger partial charge in [-0.3, -0.25) is 14.9 Å². The highest BCUT2D eigenvalue weighted by molar-refractivity contribution is 5.49. The maximum Gasteiger partial charge on any atom is 0.586 e. The lowest BCUT2D eigenvalue weighted by Gasteiger charge is -2.18. The van der Waals surface area contributed by atoms with Gasteiger partial charge in [0.25, 0.3) is 6.47 Å². The number of ether oxygens (including phenoxy) is 3. The van der Waals surface area contributed by atoms with Crippen LogP contribution in [0.25, 0.3) is 0 Å². The Balaban J connectivity index is 2.27. The molecule has 0 saturated heterocycles. The molecule has 2 aromatic rings. The summed E-state index contributed by atoms with van der Waals surface area (Å²) in [6.45, 7) is 0.0410. The smallest absolute Gasteiger partial charge is 0.429 e. The molecule has 2 rings (SSSR count). The van der Waals surface area contributed by atoms with Crippen LogP contribution in [0.15, 0.2) is 42.5 Å². The Kier molecular flexibility index (Phi) is 5.47. The van der Waals surface area contributed by atoms with Crippen molar-refractivity contribution >= 4 is 12.2 Å². The van der Waals surface area contributed by atoms with Crippen molar-refractivity contribution in [1.29, 1.82) is 0 Å². The molecule has 0 fully saturated rings. The van der Waals surface area contributed by atoms with Crippen LogP contribution in [0.2, 0.25) is 0 Å². The van der Waals surface area contributed by atoms with Gasteiger partial charge < -0.3 is 14.2 Å². The van der Waals surface area contributed by atoms with Gasteiger partial charge in [0.05, 0.1) is 10.5 Å². The Hall–Kier alpha value is -3.44. The first-order valence-electron chi connectivity index (χ1n) is 6.84. The van der Waals surface area contributed by atoms with Crippen LogP contribution in [0.3, 0.4) is 0 Å². The summed E-state index contributed by atoms with van der Waals surface area (Å²) in [5, 5.41) is 10.9. The quantitative estimate of drug-likeness (QED) is 0.231. The van der Waals surface area contributed by atoms with Crippen molar-refractivity contribution in [3.05, 3.63) is 58.1 Å². The maximum atomic E-state index is 13.9. The molecule has 0 aliphatic rings. The second kappa shape index (κ2) is 7.43. The van der Waals surface area contributed by atoms with E-state index in [4.69, 9.17) is 0 Å². The van der Waals surface area contributed by atoms with Crippen LogP contribution in [0, 0.1) is 10.1 Å². The lowest BCUT2D eigenvalue weighted by atomic mass is 10.2. The Morgan fingerprint density at radius 3 is 2.22 bits per heavy atom. The van der Waals surface area contributed by atoms with Crippen molar-refractivity contribution in [2.45, 2.75) is 12.5 Å². The standard InChI is InChI=1S/C15H8F5NO6/c16-14(17,18)9-4-5-13(12(6-9)21(23)24)27-15(19,20)26-11-3-1-2-10(7-11)25-8-22/h1-8H. The molecule has 0 bridgehead atoms. The third kappa shape index (κ3) is 5.26. The van der Waals surface area contributed by atoms with E-state index in [-0.39, 0.29) is 18.3 Å². The molecule has 2 aromatic carbocycles. The fraction of sp³-hybridized carbons (Fsp3) is 0.133. The Morgan fingerprint density at radius 2 is 1.63 bits per heavy atom. The molecule has 0 amide bonds. The van der Waals surface area contributed by atoms with E-state index in [0.29, 0.717) is 12.1 Å². The second-order valence-electron chi connectivity index (χ2n) is 4.79. The minimum atomic E-state index is -4.92. The van der Waals surface area contributed by atoms with Crippen molar-refractivity contribution < 1.29 is 45.9 Å². The number of halogens is 5. The van der Waals surface area contributed by atoms with Gasteiger partial charge in [-0.2, -0.15) is 13.2 Å². The highest BCUT2D eigenvalue weighted by Gasteiger charge is 2.40. The number of nitro benzene ring substituents is 1. The largest absolute Gasteiger partial charge is 0.586 e. The molecule has 0 heterocycles. The summed E-state index contributed by atoms with van der Waals surface area (Å²) in [6, 6.07) is 5.17. The van der Waals surface area contributed by atoms with E-state index >= 15 is 0 Å². The Morgan fingerprint density at radius 1 is 0.963 bits per heavy atom. The summed E-state index contributed by atoms with van der Waals surface area (Å²) in [5.74, 6) is -1.81. The third-order valence-corrected chi connectivity index (χ3v) is 2.94. The highest BCUT2D eigenvalue weighted by atomic mass is 19.4. The molecule has 0 radical (unpaired) electrons. The van der Waals surface area contributed by atoms with E-state index in [9.17, 15) is 36.9 Å². The number of alkyl halides is 5. The minimum Gasteiger partial charge on any atom is -0.429 e. The number of nitro groups is 1. The van der Waals surface area contributed by atoms with E-state index in [2.05, 4.69) is 14.2 Å². The normalized spacial score (nSPS) is 11.6. The number of hydrogen-bond donors (Lipinski definition) is 0. The monoisotopic (exact) mass is 393 g/mol. The summed E-state index contributed by atoms with van der Waals surface area (Å²) in [7, 11) is 0. The van der Waals surface area contributed by atoms with E-state index in [1.165, 1.54) is 12.1 Å². The van der Waals surface area contributed by atoms with Crippen LogP contribution < -0.4 is 14.2 Å².